The van der Waals surface area contributed by atoms with Crippen molar-refractivity contribution in [2.75, 3.05) is 19.0 Å². The number of nitrogens with zero attached hydrogens (tertiary/aromatic N) is 1. The van der Waals surface area contributed by atoms with Crippen LogP contribution in [0.2, 0.25) is 0 Å². The van der Waals surface area contributed by atoms with Gasteiger partial charge in [0.2, 0.25) is 0 Å². The SMILES string of the molecule is CCCNC(=O)c1nc(C)ccc1C(=O)Nc1cccc(C)c1C(=O)OC. The molecule has 0 bridgehead atoms. The predicted molar refractivity (Wildman–Crippen MR) is 102 cm³/mol. The number of carbonyl (C=O) groups is 3. The molecule has 0 unspecified atom stereocenters. The molecule has 0 fully saturated rings. The Hall–Kier alpha value is -3.22. The third-order valence-corrected chi connectivity index (χ3v) is 3.94. The van der Waals surface area contributed by atoms with Gasteiger partial charge in [-0.1, -0.05) is 19.1 Å². The molecule has 0 radical (unpaired) electrons. The number of ether oxygens (including phenoxy) is 1. The third kappa shape index (κ3) is 4.69. The van der Waals surface area contributed by atoms with Crippen LogP contribution < -0.4 is 10.6 Å². The molecular weight excluding hydrogens is 346 g/mol. The van der Waals surface area contributed by atoms with Crippen LogP contribution in [0.4, 0.5) is 5.69 Å². The average Bonchev–Trinajstić information content (AvgIpc) is 2.65. The van der Waals surface area contributed by atoms with E-state index in [0.29, 0.717) is 23.5 Å². The second kappa shape index (κ2) is 8.93. The van der Waals surface area contributed by atoms with Crippen molar-refractivity contribution in [3.05, 3.63) is 58.4 Å². The van der Waals surface area contributed by atoms with Gasteiger partial charge in [0.1, 0.15) is 5.69 Å². The summed E-state index contributed by atoms with van der Waals surface area (Å²) in [7, 11) is 1.28. The number of benzene rings is 1. The van der Waals surface area contributed by atoms with Crippen molar-refractivity contribution in [2.24, 2.45) is 0 Å². The van der Waals surface area contributed by atoms with Gasteiger partial charge in [-0.25, -0.2) is 9.78 Å². The predicted octanol–water partition coefficient (Wildman–Crippen LogP) is 2.88. The van der Waals surface area contributed by atoms with Crippen LogP contribution in [0.15, 0.2) is 30.3 Å². The van der Waals surface area contributed by atoms with E-state index in [9.17, 15) is 14.4 Å². The molecule has 0 saturated heterocycles. The fraction of sp³-hybridized carbons (Fsp3) is 0.300. The van der Waals surface area contributed by atoms with Crippen molar-refractivity contribution in [3.8, 4) is 0 Å². The van der Waals surface area contributed by atoms with Gasteiger partial charge in [0.25, 0.3) is 11.8 Å². The van der Waals surface area contributed by atoms with Gasteiger partial charge in [0, 0.05) is 12.2 Å². The van der Waals surface area contributed by atoms with E-state index in [1.54, 1.807) is 44.2 Å². The number of carbonyl (C=O) groups excluding carboxylic acids is 3. The van der Waals surface area contributed by atoms with Crippen LogP contribution in [0.5, 0.6) is 0 Å². The second-order valence-corrected chi connectivity index (χ2v) is 6.05. The summed E-state index contributed by atoms with van der Waals surface area (Å²) in [5.74, 6) is -1.49. The maximum Gasteiger partial charge on any atom is 0.340 e. The number of anilines is 1. The fourth-order valence-electron chi connectivity index (χ4n) is 2.57. The van der Waals surface area contributed by atoms with Crippen LogP contribution >= 0.6 is 0 Å². The lowest BCUT2D eigenvalue weighted by atomic mass is 10.1. The van der Waals surface area contributed by atoms with Crippen LogP contribution in [0.3, 0.4) is 0 Å². The first-order valence-electron chi connectivity index (χ1n) is 8.64. The van der Waals surface area contributed by atoms with Crippen molar-refractivity contribution in [1.29, 1.82) is 0 Å². The number of methoxy groups -OCH3 is 1. The second-order valence-electron chi connectivity index (χ2n) is 6.05. The van der Waals surface area contributed by atoms with Crippen LogP contribution in [-0.4, -0.2) is 36.4 Å². The molecule has 142 valence electrons. The molecule has 0 spiro atoms. The highest BCUT2D eigenvalue weighted by Crippen LogP contribution is 2.22. The van der Waals surface area contributed by atoms with E-state index in [0.717, 1.165) is 6.42 Å². The molecule has 7 heteroatoms. The van der Waals surface area contributed by atoms with Crippen molar-refractivity contribution >= 4 is 23.5 Å². The van der Waals surface area contributed by atoms with Gasteiger partial charge in [-0.3, -0.25) is 9.59 Å². The summed E-state index contributed by atoms with van der Waals surface area (Å²) in [4.78, 5) is 41.5. The molecule has 0 aliphatic rings. The topological polar surface area (TPSA) is 97.4 Å². The molecule has 0 aliphatic carbocycles. The summed E-state index contributed by atoms with van der Waals surface area (Å²) in [5.41, 5.74) is 2.05. The van der Waals surface area contributed by atoms with Gasteiger partial charge in [-0.2, -0.15) is 0 Å². The van der Waals surface area contributed by atoms with Crippen molar-refractivity contribution < 1.29 is 19.1 Å². The molecule has 2 rings (SSSR count). The Labute approximate surface area is 158 Å². The highest BCUT2D eigenvalue weighted by molar-refractivity contribution is 6.13. The van der Waals surface area contributed by atoms with E-state index in [2.05, 4.69) is 15.6 Å². The van der Waals surface area contributed by atoms with Gasteiger partial charge in [-0.15, -0.1) is 0 Å². The smallest absolute Gasteiger partial charge is 0.340 e. The van der Waals surface area contributed by atoms with Crippen LogP contribution in [0.25, 0.3) is 0 Å². The molecule has 27 heavy (non-hydrogen) atoms. The van der Waals surface area contributed by atoms with Crippen LogP contribution in [-0.2, 0) is 4.74 Å². The van der Waals surface area contributed by atoms with Gasteiger partial charge in [0.05, 0.1) is 23.9 Å². The number of aromatic nitrogens is 1. The van der Waals surface area contributed by atoms with Crippen molar-refractivity contribution in [3.63, 3.8) is 0 Å². The summed E-state index contributed by atoms with van der Waals surface area (Å²) in [6.07, 6.45) is 0.769. The number of hydrogen-bond donors (Lipinski definition) is 2. The normalized spacial score (nSPS) is 10.2. The highest BCUT2D eigenvalue weighted by atomic mass is 16.5. The minimum atomic E-state index is -0.550. The Balaban J connectivity index is 2.39. The van der Waals surface area contributed by atoms with Gasteiger partial charge < -0.3 is 15.4 Å². The summed E-state index contributed by atoms with van der Waals surface area (Å²) in [6.45, 7) is 5.91. The lowest BCUT2D eigenvalue weighted by Gasteiger charge is -2.14. The molecular formula is C20H23N3O4. The van der Waals surface area contributed by atoms with E-state index in [-0.39, 0.29) is 16.8 Å². The Morgan fingerprint density at radius 1 is 1.07 bits per heavy atom. The number of amides is 2. The number of esters is 1. The van der Waals surface area contributed by atoms with E-state index < -0.39 is 17.8 Å². The van der Waals surface area contributed by atoms with Gasteiger partial charge in [0.15, 0.2) is 0 Å². The van der Waals surface area contributed by atoms with E-state index >= 15 is 0 Å². The minimum absolute atomic E-state index is 0.0493. The summed E-state index contributed by atoms with van der Waals surface area (Å²) < 4.78 is 4.80. The maximum atomic E-state index is 12.8. The maximum absolute atomic E-state index is 12.8. The highest BCUT2D eigenvalue weighted by Gasteiger charge is 2.22. The molecule has 1 aromatic heterocycles. The zero-order chi connectivity index (χ0) is 20.0. The Kier molecular flexibility index (Phi) is 6.65. The number of pyridine rings is 1. The zero-order valence-corrected chi connectivity index (χ0v) is 15.9. The van der Waals surface area contributed by atoms with E-state index in [1.165, 1.54) is 7.11 Å². The molecule has 2 N–H and O–H groups in total. The van der Waals surface area contributed by atoms with Gasteiger partial charge in [-0.05, 0) is 44.0 Å². The largest absolute Gasteiger partial charge is 0.465 e. The number of nitrogens with one attached hydrogen (secondary N) is 2. The van der Waals surface area contributed by atoms with E-state index in [4.69, 9.17) is 4.74 Å². The molecule has 0 aliphatic heterocycles. The Morgan fingerprint density at radius 2 is 1.81 bits per heavy atom. The quantitative estimate of drug-likeness (QED) is 0.763. The summed E-state index contributed by atoms with van der Waals surface area (Å²) in [5, 5.41) is 5.42. The molecule has 2 aromatic rings. The number of rotatable bonds is 6. The molecule has 1 heterocycles. The standard InChI is InChI=1S/C20H23N3O4/c1-5-11-21-19(25)17-14(10-9-13(3)22-17)18(24)23-15-8-6-7-12(2)16(15)20(26)27-4/h6-10H,5,11H2,1-4H3,(H,21,25)(H,23,24). The Morgan fingerprint density at radius 3 is 2.48 bits per heavy atom. The monoisotopic (exact) mass is 369 g/mol. The van der Waals surface area contributed by atoms with Gasteiger partial charge >= 0.3 is 5.97 Å². The molecule has 0 atom stereocenters. The lowest BCUT2D eigenvalue weighted by molar-refractivity contribution is 0.0601. The minimum Gasteiger partial charge on any atom is -0.465 e. The molecule has 7 nitrogen and oxygen atoms in total. The zero-order valence-electron chi connectivity index (χ0n) is 15.9. The third-order valence-electron chi connectivity index (χ3n) is 3.94. The fourth-order valence-corrected chi connectivity index (χ4v) is 2.57. The van der Waals surface area contributed by atoms with E-state index in [1.807, 2.05) is 6.92 Å². The first-order chi connectivity index (χ1) is 12.9. The molecule has 2 amide bonds. The first-order valence-corrected chi connectivity index (χ1v) is 8.64. The lowest BCUT2D eigenvalue weighted by Crippen LogP contribution is -2.28. The molecule has 0 saturated carbocycles. The molecule has 1 aromatic carbocycles. The number of hydrogen-bond acceptors (Lipinski definition) is 5. The first kappa shape index (κ1) is 20.1. The average molecular weight is 369 g/mol. The van der Waals surface area contributed by atoms with Crippen molar-refractivity contribution in [1.82, 2.24) is 10.3 Å². The summed E-state index contributed by atoms with van der Waals surface area (Å²) in [6, 6.07) is 8.28. The number of aryl methyl sites for hydroxylation is 2. The summed E-state index contributed by atoms with van der Waals surface area (Å²) >= 11 is 0. The Bertz CT molecular complexity index is 878. The van der Waals surface area contributed by atoms with Crippen LogP contribution in [0.1, 0.15) is 55.8 Å². The van der Waals surface area contributed by atoms with Crippen LogP contribution in [0, 0.1) is 13.8 Å². The van der Waals surface area contributed by atoms with Crippen molar-refractivity contribution in [2.45, 2.75) is 27.2 Å².